The van der Waals surface area contributed by atoms with Crippen LogP contribution in [0.1, 0.15) is 32.0 Å². The minimum atomic E-state index is -0.0957. The first kappa shape index (κ1) is 15.7. The van der Waals surface area contributed by atoms with E-state index in [1.807, 2.05) is 28.8 Å². The van der Waals surface area contributed by atoms with Gasteiger partial charge in [0, 0.05) is 41.1 Å². The smallest absolute Gasteiger partial charge is 0.210 e. The SMILES string of the molecule is O=C1c2ccccc2C(=O)c2c1ccn2CCNc1ccc(Cl)cc1. The normalized spacial score (nSPS) is 12.7. The van der Waals surface area contributed by atoms with Crippen molar-refractivity contribution in [1.82, 2.24) is 4.57 Å². The molecule has 0 saturated heterocycles. The van der Waals surface area contributed by atoms with Gasteiger partial charge in [0.25, 0.3) is 0 Å². The van der Waals surface area contributed by atoms with Crippen LogP contribution in [0.2, 0.25) is 5.02 Å². The summed E-state index contributed by atoms with van der Waals surface area (Å²) in [6.45, 7) is 1.21. The van der Waals surface area contributed by atoms with Crippen LogP contribution in [0.4, 0.5) is 5.69 Å². The predicted octanol–water partition coefficient (Wildman–Crippen LogP) is 4.03. The number of hydrogen-bond donors (Lipinski definition) is 1. The molecule has 0 saturated carbocycles. The molecule has 124 valence electrons. The molecule has 0 unspecified atom stereocenters. The van der Waals surface area contributed by atoms with Crippen molar-refractivity contribution >= 4 is 28.9 Å². The van der Waals surface area contributed by atoms with Crippen LogP contribution in [0.25, 0.3) is 0 Å². The summed E-state index contributed by atoms with van der Waals surface area (Å²) in [5.74, 6) is -0.184. The Hall–Kier alpha value is -2.85. The van der Waals surface area contributed by atoms with Crippen molar-refractivity contribution in [3.05, 3.63) is 88.2 Å². The van der Waals surface area contributed by atoms with Gasteiger partial charge in [0.15, 0.2) is 5.78 Å². The fourth-order valence-electron chi connectivity index (χ4n) is 3.14. The highest BCUT2D eigenvalue weighted by atomic mass is 35.5. The van der Waals surface area contributed by atoms with Crippen molar-refractivity contribution in [2.24, 2.45) is 0 Å². The monoisotopic (exact) mass is 350 g/mol. The van der Waals surface area contributed by atoms with E-state index in [0.29, 0.717) is 40.5 Å². The van der Waals surface area contributed by atoms with Gasteiger partial charge in [-0.1, -0.05) is 35.9 Å². The van der Waals surface area contributed by atoms with Gasteiger partial charge in [-0.25, -0.2) is 0 Å². The molecule has 0 aliphatic heterocycles. The predicted molar refractivity (Wildman–Crippen MR) is 97.7 cm³/mol. The lowest BCUT2D eigenvalue weighted by molar-refractivity contribution is 0.0973. The molecule has 1 heterocycles. The minimum absolute atomic E-state index is 0.0883. The van der Waals surface area contributed by atoms with Crippen LogP contribution in [0, 0.1) is 0 Å². The Balaban J connectivity index is 1.55. The first-order chi connectivity index (χ1) is 12.1. The number of benzene rings is 2. The van der Waals surface area contributed by atoms with Crippen LogP contribution >= 0.6 is 11.6 Å². The Morgan fingerprint density at radius 1 is 0.840 bits per heavy atom. The van der Waals surface area contributed by atoms with E-state index in [1.165, 1.54) is 0 Å². The highest BCUT2D eigenvalue weighted by molar-refractivity contribution is 6.30. The molecule has 0 radical (unpaired) electrons. The molecule has 25 heavy (non-hydrogen) atoms. The Morgan fingerprint density at radius 3 is 2.24 bits per heavy atom. The molecule has 4 rings (SSSR count). The zero-order valence-electron chi connectivity index (χ0n) is 13.3. The highest BCUT2D eigenvalue weighted by Gasteiger charge is 2.31. The zero-order chi connectivity index (χ0) is 17.4. The number of nitrogens with zero attached hydrogens (tertiary/aromatic N) is 1. The van der Waals surface area contributed by atoms with Crippen LogP contribution in [0.15, 0.2) is 60.8 Å². The third-order valence-electron chi connectivity index (χ3n) is 4.37. The first-order valence-electron chi connectivity index (χ1n) is 8.02. The Kier molecular flexibility index (Phi) is 3.90. The van der Waals surface area contributed by atoms with E-state index in [-0.39, 0.29) is 11.6 Å². The van der Waals surface area contributed by atoms with E-state index in [1.54, 1.807) is 36.5 Å². The summed E-state index contributed by atoms with van der Waals surface area (Å²) in [6.07, 6.45) is 1.80. The quantitative estimate of drug-likeness (QED) is 0.604. The molecule has 3 aromatic rings. The van der Waals surface area contributed by atoms with Gasteiger partial charge in [-0.15, -0.1) is 0 Å². The molecule has 5 heteroatoms. The van der Waals surface area contributed by atoms with Gasteiger partial charge >= 0.3 is 0 Å². The number of ketones is 2. The maximum atomic E-state index is 12.8. The number of aromatic nitrogens is 1. The van der Waals surface area contributed by atoms with Gasteiger partial charge < -0.3 is 9.88 Å². The fourth-order valence-corrected chi connectivity index (χ4v) is 3.26. The second-order valence-electron chi connectivity index (χ2n) is 5.91. The lowest BCUT2D eigenvalue weighted by Gasteiger charge is -2.17. The number of fused-ring (bicyclic) bond motifs is 2. The van der Waals surface area contributed by atoms with Gasteiger partial charge in [-0.05, 0) is 30.3 Å². The molecule has 1 aromatic heterocycles. The number of hydrogen-bond acceptors (Lipinski definition) is 3. The van der Waals surface area contributed by atoms with Gasteiger partial charge in [0.1, 0.15) is 5.69 Å². The number of nitrogens with one attached hydrogen (secondary N) is 1. The number of rotatable bonds is 4. The van der Waals surface area contributed by atoms with Gasteiger partial charge in [0.05, 0.1) is 5.56 Å². The standard InChI is InChI=1S/C20H15ClN2O2/c21-13-5-7-14(8-6-13)22-10-12-23-11-9-17-18(23)20(25)16-4-2-1-3-15(16)19(17)24/h1-9,11,22H,10,12H2. The fraction of sp³-hybridized carbons (Fsp3) is 0.100. The van der Waals surface area contributed by atoms with Crippen LogP contribution in [0.3, 0.4) is 0 Å². The molecule has 0 bridgehead atoms. The average molecular weight is 351 g/mol. The summed E-state index contributed by atoms with van der Waals surface area (Å²) in [5, 5.41) is 3.97. The third-order valence-corrected chi connectivity index (χ3v) is 4.62. The Bertz CT molecular complexity index is 974. The van der Waals surface area contributed by atoms with E-state index >= 15 is 0 Å². The number of anilines is 1. The van der Waals surface area contributed by atoms with Crippen molar-refractivity contribution in [2.75, 3.05) is 11.9 Å². The maximum absolute atomic E-state index is 12.8. The van der Waals surface area contributed by atoms with Crippen LogP contribution in [-0.4, -0.2) is 22.7 Å². The molecule has 2 aromatic carbocycles. The van der Waals surface area contributed by atoms with Gasteiger partial charge in [0.2, 0.25) is 5.78 Å². The van der Waals surface area contributed by atoms with E-state index < -0.39 is 0 Å². The van der Waals surface area contributed by atoms with Crippen molar-refractivity contribution in [2.45, 2.75) is 6.54 Å². The topological polar surface area (TPSA) is 51.1 Å². The van der Waals surface area contributed by atoms with Crippen LogP contribution in [0.5, 0.6) is 0 Å². The first-order valence-corrected chi connectivity index (χ1v) is 8.40. The molecule has 0 spiro atoms. The molecule has 4 nitrogen and oxygen atoms in total. The lowest BCUT2D eigenvalue weighted by atomic mass is 9.88. The third kappa shape index (κ3) is 2.75. The van der Waals surface area contributed by atoms with Crippen LogP contribution < -0.4 is 5.32 Å². The second kappa shape index (κ2) is 6.22. The van der Waals surface area contributed by atoms with E-state index in [9.17, 15) is 9.59 Å². The van der Waals surface area contributed by atoms with Crippen molar-refractivity contribution < 1.29 is 9.59 Å². The average Bonchev–Trinajstić information content (AvgIpc) is 3.06. The minimum Gasteiger partial charge on any atom is -0.383 e. The lowest BCUT2D eigenvalue weighted by Crippen LogP contribution is -2.24. The maximum Gasteiger partial charge on any atom is 0.210 e. The van der Waals surface area contributed by atoms with Gasteiger partial charge in [-0.2, -0.15) is 0 Å². The second-order valence-corrected chi connectivity index (χ2v) is 6.35. The summed E-state index contributed by atoms with van der Waals surface area (Å²) < 4.78 is 1.84. The summed E-state index contributed by atoms with van der Waals surface area (Å²) in [6, 6.07) is 16.2. The number of carbonyl (C=O) groups excluding carboxylic acids is 2. The number of carbonyl (C=O) groups is 2. The molecule has 0 atom stereocenters. The summed E-state index contributed by atoms with van der Waals surface area (Å²) in [5.41, 5.74) is 2.87. The molecular formula is C20H15ClN2O2. The molecule has 1 aliphatic carbocycles. The molecular weight excluding hydrogens is 336 g/mol. The molecule has 0 fully saturated rings. The zero-order valence-corrected chi connectivity index (χ0v) is 14.1. The Labute approximate surface area is 150 Å². The summed E-state index contributed by atoms with van der Waals surface area (Å²) in [4.78, 5) is 25.4. The van der Waals surface area contributed by atoms with Crippen LogP contribution in [-0.2, 0) is 6.54 Å². The van der Waals surface area contributed by atoms with Crippen molar-refractivity contribution in [3.63, 3.8) is 0 Å². The Morgan fingerprint density at radius 2 is 1.52 bits per heavy atom. The highest BCUT2D eigenvalue weighted by Crippen LogP contribution is 2.27. The van der Waals surface area contributed by atoms with E-state index in [0.717, 1.165) is 5.69 Å². The molecule has 1 N–H and O–H groups in total. The van der Waals surface area contributed by atoms with Crippen molar-refractivity contribution in [3.8, 4) is 0 Å². The molecule has 1 aliphatic rings. The van der Waals surface area contributed by atoms with E-state index in [4.69, 9.17) is 11.6 Å². The summed E-state index contributed by atoms with van der Waals surface area (Å²) in [7, 11) is 0. The molecule has 0 amide bonds. The largest absolute Gasteiger partial charge is 0.383 e. The summed E-state index contributed by atoms with van der Waals surface area (Å²) >= 11 is 5.88. The van der Waals surface area contributed by atoms with Crippen molar-refractivity contribution in [1.29, 1.82) is 0 Å². The van der Waals surface area contributed by atoms with Gasteiger partial charge in [-0.3, -0.25) is 9.59 Å². The van der Waals surface area contributed by atoms with E-state index in [2.05, 4.69) is 5.32 Å². The number of halogens is 1.